The molecular formula is C23H21F2N3O5. The number of ketones is 1. The van der Waals surface area contributed by atoms with Crippen molar-refractivity contribution in [1.82, 2.24) is 15.6 Å². The van der Waals surface area contributed by atoms with E-state index in [1.54, 1.807) is 6.20 Å². The molecule has 8 nitrogen and oxygen atoms in total. The molecule has 1 aliphatic heterocycles. The molecule has 0 bridgehead atoms. The van der Waals surface area contributed by atoms with E-state index in [1.165, 1.54) is 6.39 Å². The molecule has 0 saturated carbocycles. The molecule has 1 saturated heterocycles. The number of aromatic nitrogens is 1. The van der Waals surface area contributed by atoms with Crippen molar-refractivity contribution in [2.24, 2.45) is 0 Å². The summed E-state index contributed by atoms with van der Waals surface area (Å²) in [6, 6.07) is 9.14. The van der Waals surface area contributed by atoms with E-state index >= 15 is 0 Å². The number of ether oxygens (including phenoxy) is 1. The highest BCUT2D eigenvalue weighted by Crippen LogP contribution is 2.22. The smallest absolute Gasteiger partial charge is 0.407 e. The number of nitrogens with zero attached hydrogens (tertiary/aromatic N) is 1. The monoisotopic (exact) mass is 457 g/mol. The molecule has 0 unspecified atom stereocenters. The summed E-state index contributed by atoms with van der Waals surface area (Å²) in [4.78, 5) is 28.3. The average molecular weight is 457 g/mol. The number of carbonyl (C=O) groups is 2. The lowest BCUT2D eigenvalue weighted by atomic mass is 10.0. The lowest BCUT2D eigenvalue weighted by Crippen LogP contribution is -2.40. The Bertz CT molecular complexity index is 1110. The van der Waals surface area contributed by atoms with E-state index in [9.17, 15) is 18.4 Å². The number of Topliss-reactive ketones (excluding diaryl/α,β-unsaturated/α-hetero) is 1. The van der Waals surface area contributed by atoms with Gasteiger partial charge in [-0.1, -0.05) is 24.3 Å². The van der Waals surface area contributed by atoms with E-state index in [4.69, 9.17) is 14.3 Å². The quantitative estimate of drug-likeness (QED) is 0.500. The van der Waals surface area contributed by atoms with Crippen molar-refractivity contribution in [3.05, 3.63) is 71.8 Å². The summed E-state index contributed by atoms with van der Waals surface area (Å²) < 4.78 is 37.4. The van der Waals surface area contributed by atoms with E-state index in [0.29, 0.717) is 12.2 Å². The Morgan fingerprint density at radius 1 is 1.21 bits per heavy atom. The van der Waals surface area contributed by atoms with Crippen molar-refractivity contribution in [2.45, 2.75) is 25.0 Å². The second-order valence-electron chi connectivity index (χ2n) is 7.63. The first-order valence-electron chi connectivity index (χ1n) is 10.3. The van der Waals surface area contributed by atoms with E-state index in [-0.39, 0.29) is 36.9 Å². The fourth-order valence-corrected chi connectivity index (χ4v) is 3.64. The Kier molecular flexibility index (Phi) is 6.64. The molecule has 0 spiro atoms. The molecule has 1 amide bonds. The molecule has 10 heteroatoms. The number of rotatable bonds is 7. The number of halogens is 2. The number of benzene rings is 2. The van der Waals surface area contributed by atoms with E-state index in [1.807, 2.05) is 24.3 Å². The van der Waals surface area contributed by atoms with Gasteiger partial charge in [-0.05, 0) is 36.1 Å². The van der Waals surface area contributed by atoms with E-state index < -0.39 is 29.6 Å². The van der Waals surface area contributed by atoms with Crippen LogP contribution in [0.4, 0.5) is 13.6 Å². The van der Waals surface area contributed by atoms with Crippen molar-refractivity contribution in [3.8, 4) is 17.1 Å². The molecule has 2 aromatic carbocycles. The summed E-state index contributed by atoms with van der Waals surface area (Å²) in [6.45, 7) is 0.120. The van der Waals surface area contributed by atoms with Crippen LogP contribution in [-0.4, -0.2) is 47.2 Å². The van der Waals surface area contributed by atoms with E-state index in [2.05, 4.69) is 15.6 Å². The highest BCUT2D eigenvalue weighted by molar-refractivity contribution is 5.90. The maximum atomic E-state index is 13.4. The van der Waals surface area contributed by atoms with Crippen molar-refractivity contribution < 1.29 is 32.6 Å². The van der Waals surface area contributed by atoms with Gasteiger partial charge < -0.3 is 24.9 Å². The van der Waals surface area contributed by atoms with Gasteiger partial charge in [0.15, 0.2) is 41.4 Å². The van der Waals surface area contributed by atoms with Gasteiger partial charge in [0.1, 0.15) is 0 Å². The zero-order valence-corrected chi connectivity index (χ0v) is 17.4. The second kappa shape index (κ2) is 9.78. The molecular weight excluding hydrogens is 436 g/mol. The van der Waals surface area contributed by atoms with Gasteiger partial charge in [-0.2, -0.15) is 0 Å². The Labute approximate surface area is 187 Å². The van der Waals surface area contributed by atoms with Crippen LogP contribution in [0.15, 0.2) is 53.4 Å². The molecule has 4 rings (SSSR count). The molecule has 0 radical (unpaired) electrons. The number of oxazole rings is 1. The molecule has 2 atom stereocenters. The molecule has 1 aliphatic rings. The van der Waals surface area contributed by atoms with Crippen molar-refractivity contribution >= 4 is 11.9 Å². The van der Waals surface area contributed by atoms with Crippen LogP contribution in [0.3, 0.4) is 0 Å². The first-order valence-corrected chi connectivity index (χ1v) is 10.3. The van der Waals surface area contributed by atoms with Gasteiger partial charge in [-0.15, -0.1) is 0 Å². The van der Waals surface area contributed by atoms with Gasteiger partial charge in [-0.3, -0.25) is 4.79 Å². The van der Waals surface area contributed by atoms with Crippen molar-refractivity contribution in [1.29, 1.82) is 0 Å². The molecule has 2 heterocycles. The Hall–Kier alpha value is -3.79. The van der Waals surface area contributed by atoms with Crippen molar-refractivity contribution in [3.63, 3.8) is 0 Å². The molecule has 0 aliphatic carbocycles. The largest absolute Gasteiger partial charge is 0.503 e. The fourth-order valence-electron chi connectivity index (χ4n) is 3.64. The van der Waals surface area contributed by atoms with E-state index in [0.717, 1.165) is 23.3 Å². The standard InChI is InChI=1S/C23H21F2N3O5/c24-16-7-14(8-17(25)21(16)30)5-6-27-23(31)33-22-18(28-10-19(22)29)9-13-1-3-15(4-2-13)20-11-26-12-32-20/h1-4,7-8,11-12,18,22,28,30H,5-6,9-10H2,(H,27,31)/t18-,22+/m1/s1. The van der Waals surface area contributed by atoms with Crippen LogP contribution < -0.4 is 10.6 Å². The topological polar surface area (TPSA) is 114 Å². The first-order chi connectivity index (χ1) is 15.9. The highest BCUT2D eigenvalue weighted by Gasteiger charge is 2.37. The second-order valence-corrected chi connectivity index (χ2v) is 7.63. The predicted octanol–water partition coefficient (Wildman–Crippen LogP) is 2.75. The third-order valence-electron chi connectivity index (χ3n) is 5.34. The van der Waals surface area contributed by atoms with Crippen LogP contribution >= 0.6 is 0 Å². The lowest BCUT2D eigenvalue weighted by molar-refractivity contribution is -0.123. The highest BCUT2D eigenvalue weighted by atomic mass is 19.1. The van der Waals surface area contributed by atoms with Gasteiger partial charge in [0.2, 0.25) is 0 Å². The third-order valence-corrected chi connectivity index (χ3v) is 5.34. The van der Waals surface area contributed by atoms with Gasteiger partial charge >= 0.3 is 6.09 Å². The number of alkyl carbamates (subject to hydrolysis) is 1. The number of aromatic hydroxyl groups is 1. The minimum absolute atomic E-state index is 0.0323. The lowest BCUT2D eigenvalue weighted by Gasteiger charge is -2.19. The average Bonchev–Trinajstić information content (AvgIpc) is 3.44. The molecule has 3 aromatic rings. The van der Waals surface area contributed by atoms with Gasteiger partial charge in [-0.25, -0.2) is 18.6 Å². The minimum Gasteiger partial charge on any atom is -0.503 e. The Morgan fingerprint density at radius 2 is 1.94 bits per heavy atom. The molecule has 172 valence electrons. The summed E-state index contributed by atoms with van der Waals surface area (Å²) in [5.74, 6) is -2.79. The summed E-state index contributed by atoms with van der Waals surface area (Å²) in [5, 5.41) is 14.7. The summed E-state index contributed by atoms with van der Waals surface area (Å²) in [7, 11) is 0. The zero-order valence-electron chi connectivity index (χ0n) is 17.4. The van der Waals surface area contributed by atoms with Crippen LogP contribution in [0.5, 0.6) is 5.75 Å². The third kappa shape index (κ3) is 5.35. The normalized spacial score (nSPS) is 17.8. The number of phenolic OH excluding ortho intramolecular Hbond substituents is 1. The SMILES string of the molecule is O=C(NCCc1cc(F)c(O)c(F)c1)O[C@@H]1C(=O)CN[C@@H]1Cc1ccc(-c2cnco2)cc1. The van der Waals surface area contributed by atoms with Crippen molar-refractivity contribution in [2.75, 3.05) is 13.1 Å². The molecule has 33 heavy (non-hydrogen) atoms. The maximum absolute atomic E-state index is 13.4. The predicted molar refractivity (Wildman–Crippen MR) is 112 cm³/mol. The number of amides is 1. The number of hydrogen-bond acceptors (Lipinski definition) is 7. The van der Waals surface area contributed by atoms with Crippen LogP contribution in [-0.2, 0) is 22.4 Å². The summed E-state index contributed by atoms with van der Waals surface area (Å²) in [6.07, 6.45) is 1.78. The first kappa shape index (κ1) is 22.4. The van der Waals surface area contributed by atoms with Crippen LogP contribution in [0.1, 0.15) is 11.1 Å². The number of hydrogen-bond donors (Lipinski definition) is 3. The fraction of sp³-hybridized carbons (Fsp3) is 0.261. The Balaban J connectivity index is 1.30. The van der Waals surface area contributed by atoms with Crippen LogP contribution in [0, 0.1) is 11.6 Å². The molecule has 1 aromatic heterocycles. The minimum atomic E-state index is -1.08. The number of phenols is 1. The van der Waals surface area contributed by atoms with Crippen LogP contribution in [0.2, 0.25) is 0 Å². The molecule has 1 fully saturated rings. The van der Waals surface area contributed by atoms with Crippen LogP contribution in [0.25, 0.3) is 11.3 Å². The number of nitrogens with one attached hydrogen (secondary N) is 2. The summed E-state index contributed by atoms with van der Waals surface area (Å²) >= 11 is 0. The molecule has 3 N–H and O–H groups in total. The number of carbonyl (C=O) groups excluding carboxylic acids is 2. The van der Waals surface area contributed by atoms with Gasteiger partial charge in [0, 0.05) is 12.1 Å². The maximum Gasteiger partial charge on any atom is 0.407 e. The Morgan fingerprint density at radius 3 is 2.61 bits per heavy atom. The summed E-state index contributed by atoms with van der Waals surface area (Å²) in [5.41, 5.74) is 2.07. The zero-order chi connectivity index (χ0) is 23.4. The van der Waals surface area contributed by atoms with Gasteiger partial charge in [0.25, 0.3) is 0 Å². The van der Waals surface area contributed by atoms with Gasteiger partial charge in [0.05, 0.1) is 18.8 Å².